The Kier molecular flexibility index (Phi) is 9.51. The van der Waals surface area contributed by atoms with Crippen LogP contribution in [0.1, 0.15) is 0 Å². The van der Waals surface area contributed by atoms with Crippen molar-refractivity contribution in [1.29, 1.82) is 0 Å². The van der Waals surface area contributed by atoms with Crippen molar-refractivity contribution in [3.8, 4) is 5.75 Å². The van der Waals surface area contributed by atoms with Crippen molar-refractivity contribution >= 4 is 98.5 Å². The molecule has 0 aliphatic rings. The van der Waals surface area contributed by atoms with E-state index in [-0.39, 0.29) is 61.3 Å². The molecule has 0 bridgehead atoms. The van der Waals surface area contributed by atoms with Gasteiger partial charge in [-0.15, -0.1) is 15.3 Å². The molecule has 1 aromatic heterocycles. The minimum Gasteiger partial charge on any atom is -0.507 e. The molecular formula is C27H21ClN10O9S3. The number of phenolic OH excluding ortho intramolecular Hbond substituents is 1. The molecule has 0 amide bonds. The summed E-state index contributed by atoms with van der Waals surface area (Å²) in [5, 5.41) is 29.8. The third kappa shape index (κ3) is 7.80. The molecule has 4 aromatic carbocycles. The van der Waals surface area contributed by atoms with Gasteiger partial charge in [0.2, 0.25) is 17.2 Å². The molecule has 23 heteroatoms. The Hall–Kier alpha value is -5.65. The second-order valence-electron chi connectivity index (χ2n) is 9.85. The van der Waals surface area contributed by atoms with Gasteiger partial charge in [-0.25, -0.2) is 8.42 Å². The zero-order valence-corrected chi connectivity index (χ0v) is 27.9. The van der Waals surface area contributed by atoms with E-state index in [4.69, 9.17) is 23.1 Å². The number of benzene rings is 4. The summed E-state index contributed by atoms with van der Waals surface area (Å²) >= 11 is 5.90. The summed E-state index contributed by atoms with van der Waals surface area (Å²) < 4.78 is 92.1. The van der Waals surface area contributed by atoms with Gasteiger partial charge in [0.15, 0.2) is 9.84 Å². The van der Waals surface area contributed by atoms with Crippen LogP contribution in [-0.2, 0) is 30.1 Å². The smallest absolute Gasteiger partial charge is 0.296 e. The van der Waals surface area contributed by atoms with Gasteiger partial charge < -0.3 is 21.9 Å². The molecule has 258 valence electrons. The minimum atomic E-state index is -5.07. The Morgan fingerprint density at radius 2 is 1.46 bits per heavy atom. The summed E-state index contributed by atoms with van der Waals surface area (Å²) in [5.41, 5.74) is 10.7. The number of phenols is 1. The number of aromatic hydroxyl groups is 1. The number of hydrogen-bond donors (Lipinski definition) is 6. The molecule has 1 heterocycles. The quantitative estimate of drug-likeness (QED) is 0.0578. The van der Waals surface area contributed by atoms with Gasteiger partial charge in [-0.2, -0.15) is 36.9 Å². The van der Waals surface area contributed by atoms with Crippen LogP contribution in [0.5, 0.6) is 5.75 Å². The predicted molar refractivity (Wildman–Crippen MR) is 181 cm³/mol. The van der Waals surface area contributed by atoms with Crippen molar-refractivity contribution in [1.82, 2.24) is 15.0 Å². The molecule has 0 radical (unpaired) electrons. The minimum absolute atomic E-state index is 0.0633. The number of nitrogens with zero attached hydrogens (tertiary/aromatic N) is 7. The third-order valence-corrected chi connectivity index (χ3v) is 9.77. The Balaban J connectivity index is 1.68. The maximum Gasteiger partial charge on any atom is 0.296 e. The standard InChI is InChI=1S/C27H21ClN10O9S3/c1-2-48(40,41)15-6-4-14(5-7-15)35-36-19-12-22(50(45,46)47)20(11-18(19)31-27-33-25(28)32-26(30)34-27)37-38-24-17(29)8-3-13-9-16(49(42,43)44)10-21(39)23(13)24/h2-12,39H,1,29H2,(H,42,43,44)(H,45,46,47)(H3,30,31,32,33,34). The van der Waals surface area contributed by atoms with E-state index >= 15 is 0 Å². The van der Waals surface area contributed by atoms with Crippen LogP contribution in [0.4, 0.5) is 46.0 Å². The van der Waals surface area contributed by atoms with Gasteiger partial charge in [-0.3, -0.25) is 9.11 Å². The SMILES string of the molecule is C=CS(=O)(=O)c1ccc(N=Nc2cc(S(=O)(=O)O)c(N=Nc3c(N)ccc4cc(S(=O)(=O)O)cc(O)c34)cc2Nc2nc(N)nc(Cl)n2)cc1. The Morgan fingerprint density at radius 3 is 2.08 bits per heavy atom. The van der Waals surface area contributed by atoms with Gasteiger partial charge >= 0.3 is 0 Å². The van der Waals surface area contributed by atoms with Gasteiger partial charge in [0.05, 0.1) is 32.2 Å². The van der Waals surface area contributed by atoms with Crippen molar-refractivity contribution in [2.45, 2.75) is 14.7 Å². The number of halogens is 1. The lowest BCUT2D eigenvalue weighted by atomic mass is 10.1. The monoisotopic (exact) mass is 760 g/mol. The fourth-order valence-corrected chi connectivity index (χ4v) is 6.29. The average molecular weight is 761 g/mol. The summed E-state index contributed by atoms with van der Waals surface area (Å²) in [6.07, 6.45) is 0. The van der Waals surface area contributed by atoms with Gasteiger partial charge in [0.25, 0.3) is 20.2 Å². The molecule has 19 nitrogen and oxygen atoms in total. The summed E-state index contributed by atoms with van der Waals surface area (Å²) in [4.78, 5) is 9.92. The summed E-state index contributed by atoms with van der Waals surface area (Å²) in [7, 11) is -13.5. The fourth-order valence-electron chi connectivity index (χ4n) is 4.25. The maximum absolute atomic E-state index is 12.6. The third-order valence-electron chi connectivity index (χ3n) is 6.51. The molecule has 0 atom stereocenters. The number of nitrogen functional groups attached to an aromatic ring is 2. The van der Waals surface area contributed by atoms with Crippen molar-refractivity contribution < 1.29 is 39.5 Å². The summed E-state index contributed by atoms with van der Waals surface area (Å²) in [5.74, 6) is -1.19. The first-order valence-electron chi connectivity index (χ1n) is 13.3. The van der Waals surface area contributed by atoms with Crippen LogP contribution in [0.2, 0.25) is 5.28 Å². The zero-order chi connectivity index (χ0) is 36.6. The second kappa shape index (κ2) is 13.3. The maximum atomic E-state index is 12.6. The molecule has 0 aliphatic heterocycles. The molecular weight excluding hydrogens is 740 g/mol. The number of sulfone groups is 1. The highest BCUT2D eigenvalue weighted by Gasteiger charge is 2.22. The number of azo groups is 2. The molecule has 0 saturated carbocycles. The first-order valence-corrected chi connectivity index (χ1v) is 18.1. The van der Waals surface area contributed by atoms with Crippen molar-refractivity contribution in [2.75, 3.05) is 16.8 Å². The Bertz CT molecular complexity index is 2580. The lowest BCUT2D eigenvalue weighted by Gasteiger charge is -2.12. The molecule has 0 spiro atoms. The van der Waals surface area contributed by atoms with Crippen LogP contribution in [0.25, 0.3) is 10.8 Å². The molecule has 50 heavy (non-hydrogen) atoms. The molecule has 5 rings (SSSR count). The van der Waals surface area contributed by atoms with E-state index in [9.17, 15) is 39.5 Å². The molecule has 8 N–H and O–H groups in total. The van der Waals surface area contributed by atoms with E-state index < -0.39 is 51.3 Å². The zero-order valence-electron chi connectivity index (χ0n) is 24.7. The van der Waals surface area contributed by atoms with E-state index in [1.165, 1.54) is 36.4 Å². The fraction of sp³-hybridized carbons (Fsp3) is 0. The van der Waals surface area contributed by atoms with Crippen LogP contribution >= 0.6 is 11.6 Å². The van der Waals surface area contributed by atoms with E-state index in [1.807, 2.05) is 0 Å². The first kappa shape index (κ1) is 35.7. The molecule has 0 fully saturated rings. The summed E-state index contributed by atoms with van der Waals surface area (Å²) in [6.45, 7) is 3.26. The van der Waals surface area contributed by atoms with E-state index in [2.05, 4.69) is 47.3 Å². The number of nitrogens with one attached hydrogen (secondary N) is 1. The average Bonchev–Trinajstić information content (AvgIpc) is 3.02. The number of nitrogens with two attached hydrogens (primary N) is 2. The highest BCUT2D eigenvalue weighted by atomic mass is 35.5. The molecule has 5 aromatic rings. The van der Waals surface area contributed by atoms with Crippen LogP contribution in [0, 0.1) is 0 Å². The van der Waals surface area contributed by atoms with Crippen molar-refractivity contribution in [2.24, 2.45) is 20.5 Å². The number of anilines is 4. The Morgan fingerprint density at radius 1 is 0.780 bits per heavy atom. The number of hydrogen-bond acceptors (Lipinski definition) is 17. The normalized spacial score (nSPS) is 12.5. The number of fused-ring (bicyclic) bond motifs is 1. The molecule has 0 saturated heterocycles. The largest absolute Gasteiger partial charge is 0.507 e. The van der Waals surface area contributed by atoms with E-state index in [1.54, 1.807) is 0 Å². The number of aromatic nitrogens is 3. The molecule has 0 aliphatic carbocycles. The lowest BCUT2D eigenvalue weighted by Crippen LogP contribution is -2.04. The first-order chi connectivity index (χ1) is 23.4. The van der Waals surface area contributed by atoms with E-state index in [0.717, 1.165) is 29.7 Å². The highest BCUT2D eigenvalue weighted by molar-refractivity contribution is 7.94. The molecule has 0 unspecified atom stereocenters. The van der Waals surface area contributed by atoms with Crippen LogP contribution in [0.15, 0.2) is 108 Å². The highest BCUT2D eigenvalue weighted by Crippen LogP contribution is 2.43. The van der Waals surface area contributed by atoms with Crippen LogP contribution in [-0.4, -0.2) is 54.4 Å². The predicted octanol–water partition coefficient (Wildman–Crippen LogP) is 5.53. The van der Waals surface area contributed by atoms with Crippen molar-refractivity contribution in [3.63, 3.8) is 0 Å². The lowest BCUT2D eigenvalue weighted by molar-refractivity contribution is 0.471. The van der Waals surface area contributed by atoms with Gasteiger partial charge in [0.1, 0.15) is 27.7 Å². The number of rotatable bonds is 10. The van der Waals surface area contributed by atoms with Gasteiger partial charge in [-0.1, -0.05) is 12.6 Å². The van der Waals surface area contributed by atoms with Crippen LogP contribution in [0.3, 0.4) is 0 Å². The summed E-state index contributed by atoms with van der Waals surface area (Å²) in [6, 6.07) is 11.4. The van der Waals surface area contributed by atoms with Gasteiger partial charge in [0, 0.05) is 11.5 Å². The van der Waals surface area contributed by atoms with E-state index in [0.29, 0.717) is 0 Å². The van der Waals surface area contributed by atoms with Crippen molar-refractivity contribution in [3.05, 3.63) is 77.9 Å². The Labute approximate surface area is 287 Å². The second-order valence-corrected chi connectivity index (χ2v) is 14.9. The van der Waals surface area contributed by atoms with Crippen LogP contribution < -0.4 is 16.8 Å². The van der Waals surface area contributed by atoms with Gasteiger partial charge in [-0.05, 0) is 65.5 Å². The topological polar surface area (TPSA) is 315 Å².